The van der Waals surface area contributed by atoms with Gasteiger partial charge in [0.1, 0.15) is 6.61 Å². The third-order valence-electron chi connectivity index (χ3n) is 12.8. The molecule has 0 rings (SSSR count). The van der Waals surface area contributed by atoms with Gasteiger partial charge in [-0.25, -0.2) is 0 Å². The third kappa shape index (κ3) is 59.1. The summed E-state index contributed by atoms with van der Waals surface area (Å²) in [7, 11) is 0. The van der Waals surface area contributed by atoms with Gasteiger partial charge in [0, 0.05) is 19.4 Å². The molecule has 1 unspecified atom stereocenters. The van der Waals surface area contributed by atoms with E-state index < -0.39 is 6.10 Å². The van der Waals surface area contributed by atoms with Crippen LogP contribution in [0.5, 0.6) is 0 Å². The zero-order valence-electron chi connectivity index (χ0n) is 47.4. The fraction of sp³-hybridized carbons (Fsp3) is 0.701. The van der Waals surface area contributed by atoms with Crippen molar-refractivity contribution in [2.75, 3.05) is 19.8 Å². The first kappa shape index (κ1) is 68.6. The molecule has 0 heterocycles. The lowest BCUT2D eigenvalue weighted by Crippen LogP contribution is -2.30. The molecule has 5 heteroatoms. The number of ether oxygens (including phenoxy) is 3. The highest BCUT2D eigenvalue weighted by Crippen LogP contribution is 2.14. The van der Waals surface area contributed by atoms with E-state index in [9.17, 15) is 9.59 Å². The van der Waals surface area contributed by atoms with Gasteiger partial charge in [0.2, 0.25) is 0 Å². The van der Waals surface area contributed by atoms with Crippen molar-refractivity contribution in [3.05, 3.63) is 109 Å². The Morgan fingerprint density at radius 2 is 0.625 bits per heavy atom. The molecule has 0 saturated heterocycles. The summed E-state index contributed by atoms with van der Waals surface area (Å²) in [6, 6.07) is 0. The normalized spacial score (nSPS) is 13.0. The van der Waals surface area contributed by atoms with Gasteiger partial charge in [0.15, 0.2) is 6.10 Å². The van der Waals surface area contributed by atoms with E-state index >= 15 is 0 Å². The first-order valence-corrected chi connectivity index (χ1v) is 30.4. The van der Waals surface area contributed by atoms with E-state index in [1.165, 1.54) is 135 Å². The highest BCUT2D eigenvalue weighted by molar-refractivity contribution is 5.70. The Hall–Kier alpha value is -3.44. The molecule has 0 aliphatic heterocycles. The van der Waals surface area contributed by atoms with Crippen molar-refractivity contribution in [3.8, 4) is 0 Å². The van der Waals surface area contributed by atoms with Crippen LogP contribution in [0.15, 0.2) is 109 Å². The molecule has 0 aliphatic rings. The highest BCUT2D eigenvalue weighted by Gasteiger charge is 2.17. The fourth-order valence-electron chi connectivity index (χ4n) is 8.24. The summed E-state index contributed by atoms with van der Waals surface area (Å²) in [5.74, 6) is -0.429. The summed E-state index contributed by atoms with van der Waals surface area (Å²) in [5, 5.41) is 0. The van der Waals surface area contributed by atoms with Crippen LogP contribution in [0, 0.1) is 0 Å². The molecular weight excluding hydrogens is 885 g/mol. The molecular formula is C67H114O5. The summed E-state index contributed by atoms with van der Waals surface area (Å²) in [5.41, 5.74) is 0. The quantitative estimate of drug-likeness (QED) is 0.0345. The predicted octanol–water partition coefficient (Wildman–Crippen LogP) is 21.1. The van der Waals surface area contributed by atoms with Crippen molar-refractivity contribution in [2.45, 2.75) is 284 Å². The van der Waals surface area contributed by atoms with Gasteiger partial charge in [-0.15, -0.1) is 0 Å². The van der Waals surface area contributed by atoms with Gasteiger partial charge in [-0.2, -0.15) is 0 Å². The lowest BCUT2D eigenvalue weighted by atomic mass is 10.1. The Labute approximate surface area is 446 Å². The summed E-state index contributed by atoms with van der Waals surface area (Å²) in [6.07, 6.45) is 85.4. The predicted molar refractivity (Wildman–Crippen MR) is 316 cm³/mol. The van der Waals surface area contributed by atoms with Gasteiger partial charge < -0.3 is 14.2 Å². The first-order valence-electron chi connectivity index (χ1n) is 30.4. The number of hydrogen-bond acceptors (Lipinski definition) is 5. The third-order valence-corrected chi connectivity index (χ3v) is 12.8. The van der Waals surface area contributed by atoms with E-state index in [-0.39, 0.29) is 25.2 Å². The number of hydrogen-bond donors (Lipinski definition) is 0. The molecule has 0 spiro atoms. The fourth-order valence-corrected chi connectivity index (χ4v) is 8.24. The van der Waals surface area contributed by atoms with Crippen molar-refractivity contribution in [2.24, 2.45) is 0 Å². The van der Waals surface area contributed by atoms with Crippen LogP contribution in [-0.4, -0.2) is 37.9 Å². The van der Waals surface area contributed by atoms with E-state index in [4.69, 9.17) is 14.2 Å². The lowest BCUT2D eigenvalue weighted by Gasteiger charge is -2.18. The average Bonchev–Trinajstić information content (AvgIpc) is 3.38. The largest absolute Gasteiger partial charge is 0.462 e. The molecule has 0 fully saturated rings. The number of esters is 2. The Kier molecular flexibility index (Phi) is 58.9. The van der Waals surface area contributed by atoms with Crippen LogP contribution in [0.3, 0.4) is 0 Å². The monoisotopic (exact) mass is 999 g/mol. The van der Waals surface area contributed by atoms with Crippen molar-refractivity contribution in [3.63, 3.8) is 0 Å². The van der Waals surface area contributed by atoms with Crippen LogP contribution in [-0.2, 0) is 23.8 Å². The highest BCUT2D eigenvalue weighted by atomic mass is 16.6. The SMILES string of the molecule is CC/C=C\C/C=C\C/C=C\C/C=C\CCCCCCCCC(=O)OCC(COCCCCCCCCCC/C=C\C/C=C\CCCCC)OC(=O)CCCCCCCC/C=C\C/C=C\C/C=C\CCCCC. The summed E-state index contributed by atoms with van der Waals surface area (Å²) < 4.78 is 17.5. The van der Waals surface area contributed by atoms with Crippen molar-refractivity contribution >= 4 is 11.9 Å². The minimum atomic E-state index is -0.561. The second-order valence-electron chi connectivity index (χ2n) is 19.9. The average molecular weight is 1000 g/mol. The van der Waals surface area contributed by atoms with Gasteiger partial charge in [0.25, 0.3) is 0 Å². The Balaban J connectivity index is 4.36. The van der Waals surface area contributed by atoms with E-state index in [1.54, 1.807) is 0 Å². The van der Waals surface area contributed by atoms with Crippen LogP contribution in [0.4, 0.5) is 0 Å². The molecule has 0 aromatic carbocycles. The minimum absolute atomic E-state index is 0.0646. The summed E-state index contributed by atoms with van der Waals surface area (Å²) in [6.45, 7) is 7.64. The number of carbonyl (C=O) groups is 2. The molecule has 1 atom stereocenters. The standard InChI is InChI=1S/C67H114O5/c1-4-7-10-13-16-19-22-25-28-31-34-36-39-42-45-48-51-54-57-60-66(68)71-64-65(63-70-62-59-56-53-50-47-44-41-38-33-30-27-24-21-18-15-12-9-6-3)72-67(69)61-58-55-52-49-46-43-40-37-35-32-29-26-23-20-17-14-11-8-5-2/h7,10,16-21,25-30,34-37,65H,4-6,8-9,11-15,22-24,31-33,38-64H2,1-3H3/b10-7-,19-16-,20-17-,21-18-,28-25-,29-26-,30-27-,36-34-,37-35-. The van der Waals surface area contributed by atoms with Crippen molar-refractivity contribution in [1.29, 1.82) is 0 Å². The lowest BCUT2D eigenvalue weighted by molar-refractivity contribution is -0.163. The van der Waals surface area contributed by atoms with Crippen LogP contribution >= 0.6 is 0 Å². The van der Waals surface area contributed by atoms with Gasteiger partial charge in [-0.05, 0) is 128 Å². The smallest absolute Gasteiger partial charge is 0.306 e. The molecule has 0 saturated carbocycles. The molecule has 0 aliphatic carbocycles. The summed E-state index contributed by atoms with van der Waals surface area (Å²) in [4.78, 5) is 25.6. The maximum absolute atomic E-state index is 12.9. The zero-order chi connectivity index (χ0) is 52.0. The Morgan fingerprint density at radius 1 is 0.319 bits per heavy atom. The van der Waals surface area contributed by atoms with E-state index in [1.807, 2.05) is 0 Å². The molecule has 0 N–H and O–H groups in total. The Bertz CT molecular complexity index is 1410. The van der Waals surface area contributed by atoms with Crippen LogP contribution in [0.1, 0.15) is 278 Å². The second-order valence-corrected chi connectivity index (χ2v) is 19.9. The van der Waals surface area contributed by atoms with Gasteiger partial charge in [0.05, 0.1) is 6.61 Å². The number of unbranched alkanes of at least 4 members (excludes halogenated alkanes) is 26. The Morgan fingerprint density at radius 3 is 1.00 bits per heavy atom. The van der Waals surface area contributed by atoms with Crippen molar-refractivity contribution < 1.29 is 23.8 Å². The van der Waals surface area contributed by atoms with E-state index in [2.05, 4.69) is 130 Å². The van der Waals surface area contributed by atoms with Crippen LogP contribution in [0.2, 0.25) is 0 Å². The van der Waals surface area contributed by atoms with Crippen LogP contribution < -0.4 is 0 Å². The number of carbonyl (C=O) groups excluding carboxylic acids is 2. The van der Waals surface area contributed by atoms with E-state index in [0.29, 0.717) is 19.4 Å². The van der Waals surface area contributed by atoms with Gasteiger partial charge >= 0.3 is 11.9 Å². The molecule has 0 amide bonds. The molecule has 0 aromatic rings. The maximum Gasteiger partial charge on any atom is 0.306 e. The molecule has 5 nitrogen and oxygen atoms in total. The minimum Gasteiger partial charge on any atom is -0.462 e. The molecule has 0 bridgehead atoms. The van der Waals surface area contributed by atoms with Gasteiger partial charge in [-0.3, -0.25) is 9.59 Å². The van der Waals surface area contributed by atoms with Gasteiger partial charge in [-0.1, -0.05) is 246 Å². The molecule has 72 heavy (non-hydrogen) atoms. The second kappa shape index (κ2) is 61.9. The topological polar surface area (TPSA) is 61.8 Å². The molecule has 412 valence electrons. The van der Waals surface area contributed by atoms with Crippen molar-refractivity contribution in [1.82, 2.24) is 0 Å². The zero-order valence-corrected chi connectivity index (χ0v) is 47.4. The summed E-state index contributed by atoms with van der Waals surface area (Å²) >= 11 is 0. The molecule has 0 aromatic heterocycles. The van der Waals surface area contributed by atoms with E-state index in [0.717, 1.165) is 109 Å². The number of rotatable bonds is 55. The number of allylic oxidation sites excluding steroid dienone is 18. The first-order chi connectivity index (χ1) is 35.6. The maximum atomic E-state index is 12.9. The molecule has 0 radical (unpaired) electrons. The van der Waals surface area contributed by atoms with Crippen LogP contribution in [0.25, 0.3) is 0 Å².